The number of benzene rings is 1. The molecule has 0 saturated carbocycles. The number of hydrogen-bond acceptors (Lipinski definition) is 3. The van der Waals surface area contributed by atoms with Crippen LogP contribution in [-0.4, -0.2) is 25.7 Å². The lowest BCUT2D eigenvalue weighted by Gasteiger charge is -2.25. The fraction of sp³-hybridized carbons (Fsp3) is 0.500. The van der Waals surface area contributed by atoms with E-state index < -0.39 is 22.2 Å². The molecule has 0 unspecified atom stereocenters. The van der Waals surface area contributed by atoms with Gasteiger partial charge >= 0.3 is 0 Å². The molecule has 1 aromatic carbocycles. The minimum Gasteiger partial charge on any atom is -0.379 e. The highest BCUT2D eigenvalue weighted by atomic mass is 32.2. The summed E-state index contributed by atoms with van der Waals surface area (Å²) < 4.78 is 27.8. The summed E-state index contributed by atoms with van der Waals surface area (Å²) in [5.41, 5.74) is 2.36. The van der Waals surface area contributed by atoms with Crippen LogP contribution in [0.3, 0.4) is 0 Å². The first-order valence-electron chi connectivity index (χ1n) is 6.84. The van der Waals surface area contributed by atoms with Crippen LogP contribution in [0, 0.1) is 39.0 Å². The summed E-state index contributed by atoms with van der Waals surface area (Å²) >= 11 is 0. The van der Waals surface area contributed by atoms with Gasteiger partial charge in [-0.25, -0.2) is 13.1 Å². The highest BCUT2D eigenvalue weighted by molar-refractivity contribution is 7.89. The van der Waals surface area contributed by atoms with E-state index in [0.29, 0.717) is 11.1 Å². The summed E-state index contributed by atoms with van der Waals surface area (Å²) in [5, 5.41) is 9.82. The molecule has 4 nitrogen and oxygen atoms in total. The van der Waals surface area contributed by atoms with E-state index in [1.807, 2.05) is 32.9 Å². The van der Waals surface area contributed by atoms with Crippen LogP contribution < -0.4 is 4.72 Å². The molecule has 21 heavy (non-hydrogen) atoms. The van der Waals surface area contributed by atoms with Crippen molar-refractivity contribution in [1.82, 2.24) is 4.72 Å². The Kier molecular flexibility index (Phi) is 5.57. The SMILES string of the molecule is C#C[C@@H](O)[C@@H](NS(=O)(=O)c1c(C)cc(C)cc1C)C(C)C. The first-order valence-corrected chi connectivity index (χ1v) is 8.33. The van der Waals surface area contributed by atoms with Crippen molar-refractivity contribution in [2.75, 3.05) is 0 Å². The molecule has 2 N–H and O–H groups in total. The third-order valence-electron chi connectivity index (χ3n) is 3.39. The fourth-order valence-corrected chi connectivity index (χ4v) is 4.34. The molecule has 0 heterocycles. The molecule has 0 aromatic heterocycles. The van der Waals surface area contributed by atoms with Gasteiger partial charge in [-0.1, -0.05) is 37.5 Å². The number of terminal acetylenes is 1. The molecule has 116 valence electrons. The van der Waals surface area contributed by atoms with Crippen LogP contribution in [0.1, 0.15) is 30.5 Å². The Hall–Kier alpha value is -1.35. The van der Waals surface area contributed by atoms with E-state index in [4.69, 9.17) is 6.42 Å². The number of hydrogen-bond donors (Lipinski definition) is 2. The monoisotopic (exact) mass is 309 g/mol. The molecule has 0 spiro atoms. The van der Waals surface area contributed by atoms with Crippen molar-refractivity contribution in [2.24, 2.45) is 5.92 Å². The van der Waals surface area contributed by atoms with Crippen LogP contribution in [0.2, 0.25) is 0 Å². The molecule has 0 fully saturated rings. The van der Waals surface area contributed by atoms with E-state index in [9.17, 15) is 13.5 Å². The van der Waals surface area contributed by atoms with Gasteiger partial charge in [-0.3, -0.25) is 0 Å². The number of sulfonamides is 1. The summed E-state index contributed by atoms with van der Waals surface area (Å²) in [4.78, 5) is 0.253. The zero-order chi connectivity index (χ0) is 16.4. The van der Waals surface area contributed by atoms with Gasteiger partial charge in [0.05, 0.1) is 10.9 Å². The van der Waals surface area contributed by atoms with Gasteiger partial charge in [-0.2, -0.15) is 0 Å². The molecule has 0 saturated heterocycles. The van der Waals surface area contributed by atoms with Crippen LogP contribution in [0.5, 0.6) is 0 Å². The predicted molar refractivity (Wildman–Crippen MR) is 84.4 cm³/mol. The van der Waals surface area contributed by atoms with Gasteiger partial charge < -0.3 is 5.11 Å². The molecule has 0 amide bonds. The highest BCUT2D eigenvalue weighted by Crippen LogP contribution is 2.23. The second-order valence-corrected chi connectivity index (χ2v) is 7.38. The second kappa shape index (κ2) is 6.61. The summed E-state index contributed by atoms with van der Waals surface area (Å²) in [6, 6.07) is 2.92. The van der Waals surface area contributed by atoms with E-state index in [2.05, 4.69) is 10.6 Å². The van der Waals surface area contributed by atoms with Crippen molar-refractivity contribution < 1.29 is 13.5 Å². The number of nitrogens with one attached hydrogen (secondary N) is 1. The zero-order valence-corrected chi connectivity index (χ0v) is 14.0. The molecule has 0 bridgehead atoms. The number of rotatable bonds is 5. The van der Waals surface area contributed by atoms with Gasteiger partial charge in [0.25, 0.3) is 0 Å². The van der Waals surface area contributed by atoms with Gasteiger partial charge in [0.15, 0.2) is 0 Å². The van der Waals surface area contributed by atoms with Crippen molar-refractivity contribution in [1.29, 1.82) is 0 Å². The lowest BCUT2D eigenvalue weighted by atomic mass is 10.0. The zero-order valence-electron chi connectivity index (χ0n) is 13.1. The average molecular weight is 309 g/mol. The third kappa shape index (κ3) is 4.07. The first kappa shape index (κ1) is 17.7. The maximum atomic E-state index is 12.6. The molecular formula is C16H23NO3S. The van der Waals surface area contributed by atoms with Crippen LogP contribution in [-0.2, 0) is 10.0 Å². The Labute approximate surface area is 127 Å². The maximum Gasteiger partial charge on any atom is 0.241 e. The topological polar surface area (TPSA) is 66.4 Å². The molecule has 0 aliphatic rings. The van der Waals surface area contributed by atoms with E-state index in [1.165, 1.54) is 0 Å². The lowest BCUT2D eigenvalue weighted by Crippen LogP contribution is -2.46. The molecule has 1 rings (SSSR count). The third-order valence-corrected chi connectivity index (χ3v) is 5.16. The van der Waals surface area contributed by atoms with Crippen LogP contribution in [0.25, 0.3) is 0 Å². The van der Waals surface area contributed by atoms with Crippen molar-refractivity contribution in [3.05, 3.63) is 28.8 Å². The van der Waals surface area contributed by atoms with Crippen LogP contribution in [0.4, 0.5) is 0 Å². The minimum atomic E-state index is -3.74. The molecule has 0 aliphatic heterocycles. The summed E-state index contributed by atoms with van der Waals surface area (Å²) in [5.74, 6) is 2.06. The summed E-state index contributed by atoms with van der Waals surface area (Å²) in [6.45, 7) is 9.06. The van der Waals surface area contributed by atoms with Crippen LogP contribution >= 0.6 is 0 Å². The summed E-state index contributed by atoms with van der Waals surface area (Å²) in [7, 11) is -3.74. The number of aliphatic hydroxyl groups excluding tert-OH is 1. The normalized spacial score (nSPS) is 14.8. The van der Waals surface area contributed by atoms with Crippen molar-refractivity contribution in [2.45, 2.75) is 51.7 Å². The van der Waals surface area contributed by atoms with Crippen LogP contribution in [0.15, 0.2) is 17.0 Å². The number of aliphatic hydroxyl groups is 1. The van der Waals surface area contributed by atoms with Gasteiger partial charge in [0.2, 0.25) is 10.0 Å². The molecular weight excluding hydrogens is 286 g/mol. The van der Waals surface area contributed by atoms with Gasteiger partial charge in [-0.15, -0.1) is 6.42 Å². The van der Waals surface area contributed by atoms with E-state index in [0.717, 1.165) is 5.56 Å². The van der Waals surface area contributed by atoms with E-state index in [1.54, 1.807) is 13.8 Å². The van der Waals surface area contributed by atoms with E-state index in [-0.39, 0.29) is 10.8 Å². The quantitative estimate of drug-likeness (QED) is 0.817. The van der Waals surface area contributed by atoms with Gasteiger partial charge in [-0.05, 0) is 37.8 Å². The van der Waals surface area contributed by atoms with E-state index >= 15 is 0 Å². The first-order chi connectivity index (χ1) is 9.60. The minimum absolute atomic E-state index is 0.128. The molecule has 5 heteroatoms. The Morgan fingerprint density at radius 1 is 1.19 bits per heavy atom. The molecule has 0 radical (unpaired) electrons. The van der Waals surface area contributed by atoms with Gasteiger partial charge in [0, 0.05) is 0 Å². The number of aryl methyl sites for hydroxylation is 3. The molecule has 0 aliphatic carbocycles. The summed E-state index contributed by atoms with van der Waals surface area (Å²) in [6.07, 6.45) is 4.05. The Morgan fingerprint density at radius 3 is 2.05 bits per heavy atom. The largest absolute Gasteiger partial charge is 0.379 e. The fourth-order valence-electron chi connectivity index (χ4n) is 2.50. The van der Waals surface area contributed by atoms with Crippen molar-refractivity contribution >= 4 is 10.0 Å². The Morgan fingerprint density at radius 2 is 1.67 bits per heavy atom. The van der Waals surface area contributed by atoms with Crippen molar-refractivity contribution in [3.63, 3.8) is 0 Å². The Bertz CT molecular complexity index is 634. The highest BCUT2D eigenvalue weighted by Gasteiger charge is 2.29. The second-order valence-electron chi connectivity index (χ2n) is 5.73. The Balaban J connectivity index is 3.27. The smallest absolute Gasteiger partial charge is 0.241 e. The van der Waals surface area contributed by atoms with Crippen molar-refractivity contribution in [3.8, 4) is 12.3 Å². The standard InChI is InChI=1S/C16H23NO3S/c1-7-14(18)15(10(2)3)17-21(19,20)16-12(5)8-11(4)9-13(16)6/h1,8-10,14-15,17-18H,2-6H3/t14-,15+/m1/s1. The predicted octanol–water partition coefficient (Wildman–Crippen LogP) is 1.91. The average Bonchev–Trinajstić information content (AvgIpc) is 2.33. The van der Waals surface area contributed by atoms with Gasteiger partial charge in [0.1, 0.15) is 6.10 Å². The lowest BCUT2D eigenvalue weighted by molar-refractivity contribution is 0.167. The molecule has 1 aromatic rings. The maximum absolute atomic E-state index is 12.6. The molecule has 2 atom stereocenters.